The number of rotatable bonds is 5. The van der Waals surface area contributed by atoms with Crippen LogP contribution < -0.4 is 11.1 Å². The van der Waals surface area contributed by atoms with Crippen molar-refractivity contribution in [2.45, 2.75) is 26.7 Å². The Morgan fingerprint density at radius 2 is 2.29 bits per heavy atom. The van der Waals surface area contributed by atoms with E-state index in [9.17, 15) is 9.59 Å². The van der Waals surface area contributed by atoms with Gasteiger partial charge in [0.15, 0.2) is 0 Å². The Kier molecular flexibility index (Phi) is 4.57. The summed E-state index contributed by atoms with van der Waals surface area (Å²) in [5.74, 6) is -0.586. The second-order valence-electron chi connectivity index (χ2n) is 5.32. The van der Waals surface area contributed by atoms with Crippen molar-refractivity contribution in [3.8, 4) is 0 Å². The van der Waals surface area contributed by atoms with E-state index in [1.54, 1.807) is 12.3 Å². The number of nitrogens with two attached hydrogens (primary N) is 1. The molecule has 1 aliphatic carbocycles. The standard InChI is InChI=1S/C15H19N3O2S/c1-3-4-18-14(20)15(2)8-10(12(16)19)7-11(9-15)13-17-5-6-21-13/h5-7,9H,3-4,8H2,1-2H3,(H2,16,19)(H,18,20). The van der Waals surface area contributed by atoms with Crippen molar-refractivity contribution < 1.29 is 9.59 Å². The lowest BCUT2D eigenvalue weighted by Gasteiger charge is -2.29. The molecule has 6 heteroatoms. The van der Waals surface area contributed by atoms with Crippen molar-refractivity contribution in [1.82, 2.24) is 10.3 Å². The zero-order valence-electron chi connectivity index (χ0n) is 12.2. The Morgan fingerprint density at radius 3 is 2.86 bits per heavy atom. The van der Waals surface area contributed by atoms with Crippen LogP contribution in [0.4, 0.5) is 0 Å². The smallest absolute Gasteiger partial charge is 0.244 e. The van der Waals surface area contributed by atoms with Gasteiger partial charge in [0, 0.05) is 29.3 Å². The van der Waals surface area contributed by atoms with E-state index < -0.39 is 11.3 Å². The molecule has 1 unspecified atom stereocenters. The number of nitrogens with zero attached hydrogens (tertiary/aromatic N) is 1. The fourth-order valence-electron chi connectivity index (χ4n) is 2.30. The number of nitrogens with one attached hydrogen (secondary N) is 1. The first kappa shape index (κ1) is 15.4. The Balaban J connectivity index is 2.37. The molecule has 1 heterocycles. The third-order valence-corrected chi connectivity index (χ3v) is 4.23. The summed E-state index contributed by atoms with van der Waals surface area (Å²) in [6, 6.07) is 0. The number of hydrogen-bond donors (Lipinski definition) is 2. The number of aromatic nitrogens is 1. The van der Waals surface area contributed by atoms with E-state index in [4.69, 9.17) is 5.73 Å². The highest BCUT2D eigenvalue weighted by Gasteiger charge is 2.36. The highest BCUT2D eigenvalue weighted by atomic mass is 32.1. The van der Waals surface area contributed by atoms with E-state index in [2.05, 4.69) is 10.3 Å². The molecule has 2 amide bonds. The lowest BCUT2D eigenvalue weighted by molar-refractivity contribution is -0.127. The summed E-state index contributed by atoms with van der Waals surface area (Å²) in [4.78, 5) is 28.2. The van der Waals surface area contributed by atoms with Crippen LogP contribution in [0.3, 0.4) is 0 Å². The molecule has 0 saturated carbocycles. The quantitative estimate of drug-likeness (QED) is 0.871. The van der Waals surface area contributed by atoms with Crippen molar-refractivity contribution >= 4 is 28.7 Å². The monoisotopic (exact) mass is 305 g/mol. The summed E-state index contributed by atoms with van der Waals surface area (Å²) in [5.41, 5.74) is 5.87. The van der Waals surface area contributed by atoms with Crippen LogP contribution in [0.1, 0.15) is 31.7 Å². The summed E-state index contributed by atoms with van der Waals surface area (Å²) in [7, 11) is 0. The molecule has 0 fully saturated rings. The normalized spacial score (nSPS) is 21.4. The zero-order chi connectivity index (χ0) is 15.5. The van der Waals surface area contributed by atoms with Gasteiger partial charge in [-0.15, -0.1) is 11.3 Å². The molecule has 1 aromatic heterocycles. The fraction of sp³-hybridized carbons (Fsp3) is 0.400. The van der Waals surface area contributed by atoms with Crippen molar-refractivity contribution in [3.63, 3.8) is 0 Å². The van der Waals surface area contributed by atoms with Gasteiger partial charge in [0.1, 0.15) is 5.01 Å². The molecule has 1 aromatic rings. The number of allylic oxidation sites excluding steroid dienone is 2. The van der Waals surface area contributed by atoms with E-state index in [1.165, 1.54) is 11.3 Å². The van der Waals surface area contributed by atoms with Gasteiger partial charge in [0.05, 0.1) is 5.41 Å². The van der Waals surface area contributed by atoms with Gasteiger partial charge in [-0.3, -0.25) is 9.59 Å². The third-order valence-electron chi connectivity index (χ3n) is 3.41. The molecule has 3 N–H and O–H groups in total. The number of carbonyl (C=O) groups excluding carboxylic acids is 2. The van der Waals surface area contributed by atoms with Gasteiger partial charge < -0.3 is 11.1 Å². The summed E-state index contributed by atoms with van der Waals surface area (Å²) < 4.78 is 0. The second-order valence-corrected chi connectivity index (χ2v) is 6.22. The zero-order valence-corrected chi connectivity index (χ0v) is 13.0. The van der Waals surface area contributed by atoms with Crippen LogP contribution in [0.5, 0.6) is 0 Å². The first-order valence-electron chi connectivity index (χ1n) is 6.87. The molecule has 2 rings (SSSR count). The molecule has 1 atom stereocenters. The molecule has 0 spiro atoms. The predicted molar refractivity (Wildman–Crippen MR) is 83.4 cm³/mol. The molecule has 0 radical (unpaired) electrons. The van der Waals surface area contributed by atoms with Crippen molar-refractivity contribution in [1.29, 1.82) is 0 Å². The Labute approximate surface area is 127 Å². The van der Waals surface area contributed by atoms with Gasteiger partial charge in [-0.25, -0.2) is 4.98 Å². The molecule has 0 bridgehead atoms. The molecular weight excluding hydrogens is 286 g/mol. The average Bonchev–Trinajstić information content (AvgIpc) is 2.98. The van der Waals surface area contributed by atoms with Gasteiger partial charge in [-0.1, -0.05) is 13.0 Å². The van der Waals surface area contributed by atoms with Crippen LogP contribution in [0.15, 0.2) is 29.3 Å². The van der Waals surface area contributed by atoms with Gasteiger partial charge in [-0.05, 0) is 25.8 Å². The van der Waals surface area contributed by atoms with Gasteiger partial charge in [-0.2, -0.15) is 0 Å². The van der Waals surface area contributed by atoms with E-state index in [-0.39, 0.29) is 5.91 Å². The number of carbonyl (C=O) groups is 2. The van der Waals surface area contributed by atoms with Gasteiger partial charge in [0.2, 0.25) is 11.8 Å². The Bertz CT molecular complexity index is 604. The van der Waals surface area contributed by atoms with Crippen molar-refractivity contribution in [3.05, 3.63) is 34.3 Å². The lowest BCUT2D eigenvalue weighted by atomic mass is 9.76. The van der Waals surface area contributed by atoms with E-state index in [0.717, 1.165) is 17.0 Å². The number of thiazole rings is 1. The molecular formula is C15H19N3O2S. The van der Waals surface area contributed by atoms with Crippen LogP contribution >= 0.6 is 11.3 Å². The fourth-order valence-corrected chi connectivity index (χ4v) is 2.93. The molecule has 5 nitrogen and oxygen atoms in total. The first-order chi connectivity index (χ1) is 9.96. The van der Waals surface area contributed by atoms with Crippen LogP contribution in [0.2, 0.25) is 0 Å². The molecule has 1 aliphatic rings. The first-order valence-corrected chi connectivity index (χ1v) is 7.75. The number of amides is 2. The average molecular weight is 305 g/mol. The molecule has 0 aliphatic heterocycles. The highest BCUT2D eigenvalue weighted by molar-refractivity contribution is 7.10. The summed E-state index contributed by atoms with van der Waals surface area (Å²) in [5, 5.41) is 5.53. The molecule has 112 valence electrons. The van der Waals surface area contributed by atoms with E-state index >= 15 is 0 Å². The summed E-state index contributed by atoms with van der Waals surface area (Å²) in [6.07, 6.45) is 6.48. The predicted octanol–water partition coefficient (Wildman–Crippen LogP) is 1.87. The second kappa shape index (κ2) is 6.22. The van der Waals surface area contributed by atoms with Crippen LogP contribution in [-0.2, 0) is 9.59 Å². The summed E-state index contributed by atoms with van der Waals surface area (Å²) >= 11 is 1.47. The molecule has 0 saturated heterocycles. The van der Waals surface area contributed by atoms with E-state index in [1.807, 2.05) is 25.3 Å². The number of hydrogen-bond acceptors (Lipinski definition) is 4. The van der Waals surface area contributed by atoms with Crippen molar-refractivity contribution in [2.24, 2.45) is 11.1 Å². The van der Waals surface area contributed by atoms with Crippen LogP contribution in [0.25, 0.3) is 5.57 Å². The van der Waals surface area contributed by atoms with Crippen molar-refractivity contribution in [2.75, 3.05) is 6.54 Å². The van der Waals surface area contributed by atoms with Gasteiger partial charge >= 0.3 is 0 Å². The minimum atomic E-state index is -0.782. The maximum atomic E-state index is 12.4. The largest absolute Gasteiger partial charge is 0.366 e. The van der Waals surface area contributed by atoms with E-state index in [0.29, 0.717) is 18.5 Å². The minimum Gasteiger partial charge on any atom is -0.366 e. The minimum absolute atomic E-state index is 0.0924. The Hall–Kier alpha value is -1.95. The maximum Gasteiger partial charge on any atom is 0.244 e. The van der Waals surface area contributed by atoms with Crippen LogP contribution in [0, 0.1) is 5.41 Å². The highest BCUT2D eigenvalue weighted by Crippen LogP contribution is 2.38. The lowest BCUT2D eigenvalue weighted by Crippen LogP contribution is -2.40. The summed E-state index contributed by atoms with van der Waals surface area (Å²) in [6.45, 7) is 4.43. The topological polar surface area (TPSA) is 85.1 Å². The molecule has 21 heavy (non-hydrogen) atoms. The van der Waals surface area contributed by atoms with Crippen LogP contribution in [-0.4, -0.2) is 23.3 Å². The van der Waals surface area contributed by atoms with Gasteiger partial charge in [0.25, 0.3) is 0 Å². The maximum absolute atomic E-state index is 12.4. The molecule has 0 aromatic carbocycles. The SMILES string of the molecule is CCCNC(=O)C1(C)C=C(c2nccs2)C=C(C(N)=O)C1. The number of primary amides is 1. The Morgan fingerprint density at radius 1 is 1.52 bits per heavy atom. The third kappa shape index (κ3) is 3.39.